The third-order valence-electron chi connectivity index (χ3n) is 8.02. The van der Waals surface area contributed by atoms with Crippen molar-refractivity contribution in [2.24, 2.45) is 0 Å². The minimum Gasteiger partial charge on any atom is -0.395 e. The lowest BCUT2D eigenvalue weighted by Crippen LogP contribution is -2.31. The van der Waals surface area contributed by atoms with Crippen molar-refractivity contribution in [3.05, 3.63) is 59.7 Å². The van der Waals surface area contributed by atoms with Crippen LogP contribution in [-0.2, 0) is 0 Å². The summed E-state index contributed by atoms with van der Waals surface area (Å²) in [5.41, 5.74) is 2.16. The Bertz CT molecular complexity index is 1400. The molecule has 40 heavy (non-hydrogen) atoms. The minimum atomic E-state index is -3.72. The average molecular weight is 552 g/mol. The lowest BCUT2D eigenvalue weighted by molar-refractivity contribution is -0.286. The number of halogens is 2. The van der Waals surface area contributed by atoms with Gasteiger partial charge in [0.15, 0.2) is 11.5 Å². The number of nitrogens with zero attached hydrogens (tertiary/aromatic N) is 4. The van der Waals surface area contributed by atoms with Crippen LogP contribution in [0.25, 0.3) is 11.0 Å². The van der Waals surface area contributed by atoms with E-state index in [-0.39, 0.29) is 23.4 Å². The van der Waals surface area contributed by atoms with E-state index < -0.39 is 6.29 Å². The zero-order valence-electron chi connectivity index (χ0n) is 22.7. The second kappa shape index (κ2) is 11.2. The molecule has 1 N–H and O–H groups in total. The average Bonchev–Trinajstić information content (AvgIpc) is 3.61. The highest BCUT2D eigenvalue weighted by molar-refractivity contribution is 6.04. The number of anilines is 1. The largest absolute Gasteiger partial charge is 0.586 e. The van der Waals surface area contributed by atoms with Crippen LogP contribution < -0.4 is 14.8 Å². The quantitative estimate of drug-likeness (QED) is 0.386. The third-order valence-corrected chi connectivity index (χ3v) is 8.02. The summed E-state index contributed by atoms with van der Waals surface area (Å²) in [5.74, 6) is 0.0663. The Labute approximate surface area is 232 Å². The summed E-state index contributed by atoms with van der Waals surface area (Å²) in [6.07, 6.45) is 6.28. The van der Waals surface area contributed by atoms with E-state index in [0.717, 1.165) is 45.4 Å². The molecule has 4 heterocycles. The molecule has 0 radical (unpaired) electrons. The first kappa shape index (κ1) is 26.7. The van der Waals surface area contributed by atoms with Gasteiger partial charge in [-0.3, -0.25) is 19.9 Å². The number of alkyl halides is 2. The molecule has 8 nitrogen and oxygen atoms in total. The van der Waals surface area contributed by atoms with Gasteiger partial charge in [0.05, 0.1) is 11.0 Å². The van der Waals surface area contributed by atoms with Gasteiger partial charge in [-0.1, -0.05) is 36.8 Å². The van der Waals surface area contributed by atoms with Gasteiger partial charge < -0.3 is 14.0 Å². The second-order valence-electron chi connectivity index (χ2n) is 10.9. The summed E-state index contributed by atoms with van der Waals surface area (Å²) in [6, 6.07) is 10.4. The highest BCUT2D eigenvalue weighted by Crippen LogP contribution is 2.47. The predicted molar refractivity (Wildman–Crippen MR) is 149 cm³/mol. The van der Waals surface area contributed by atoms with E-state index in [1.54, 1.807) is 19.1 Å². The van der Waals surface area contributed by atoms with E-state index in [2.05, 4.69) is 27.3 Å². The Morgan fingerprint density at radius 2 is 1.75 bits per heavy atom. The number of likely N-dealkylation sites (tertiary alicyclic amines) is 2. The maximum absolute atomic E-state index is 14.0. The molecule has 0 bridgehead atoms. The maximum atomic E-state index is 14.0. The smallest absolute Gasteiger partial charge is 0.395 e. The number of hydrogen-bond acceptors (Lipinski definition) is 6. The molecule has 2 fully saturated rings. The molecule has 2 aromatic carbocycles. The molecule has 3 aromatic rings. The van der Waals surface area contributed by atoms with Crippen LogP contribution in [0, 0.1) is 6.92 Å². The molecule has 0 aliphatic carbocycles. The monoisotopic (exact) mass is 551 g/mol. The van der Waals surface area contributed by atoms with Gasteiger partial charge in [-0.25, -0.2) is 4.98 Å². The molecule has 0 saturated carbocycles. The molecule has 10 heteroatoms. The lowest BCUT2D eigenvalue weighted by atomic mass is 10.1. The molecular formula is C30H35F2N5O3. The topological polar surface area (TPSA) is 71.9 Å². The maximum Gasteiger partial charge on any atom is 0.586 e. The highest BCUT2D eigenvalue weighted by atomic mass is 19.3. The first-order valence-electron chi connectivity index (χ1n) is 14.2. The van der Waals surface area contributed by atoms with Crippen molar-refractivity contribution in [3.8, 4) is 11.5 Å². The highest BCUT2D eigenvalue weighted by Gasteiger charge is 2.45. The fourth-order valence-corrected chi connectivity index (χ4v) is 6.07. The SMILES string of the molecule is Cc1c2c(cc3nc(NC(=O)c4ccccc4)n([C@@H]4CCCCN(C/C=C/CN5CCCC5)C4)c13)OC(F)(F)O2. The van der Waals surface area contributed by atoms with Crippen molar-refractivity contribution in [2.75, 3.05) is 44.6 Å². The number of aromatic nitrogens is 2. The normalized spacial score (nSPS) is 21.3. The molecule has 0 spiro atoms. The van der Waals surface area contributed by atoms with E-state index in [4.69, 9.17) is 14.5 Å². The van der Waals surface area contributed by atoms with Crippen LogP contribution in [-0.4, -0.2) is 70.8 Å². The Morgan fingerprint density at radius 3 is 2.52 bits per heavy atom. The molecule has 1 amide bonds. The zero-order chi connectivity index (χ0) is 27.7. The van der Waals surface area contributed by atoms with Crippen molar-refractivity contribution in [1.29, 1.82) is 0 Å². The minimum absolute atomic E-state index is 0.00918. The van der Waals surface area contributed by atoms with Gasteiger partial charge in [-0.15, -0.1) is 8.78 Å². The third kappa shape index (κ3) is 5.55. The summed E-state index contributed by atoms with van der Waals surface area (Å²) < 4.78 is 39.6. The van der Waals surface area contributed by atoms with Gasteiger partial charge in [0.1, 0.15) is 0 Å². The van der Waals surface area contributed by atoms with Gasteiger partial charge in [-0.05, 0) is 64.4 Å². The molecule has 1 aromatic heterocycles. The Kier molecular flexibility index (Phi) is 7.46. The predicted octanol–water partition coefficient (Wildman–Crippen LogP) is 5.60. The van der Waals surface area contributed by atoms with Crippen LogP contribution in [0.3, 0.4) is 0 Å². The first-order valence-corrected chi connectivity index (χ1v) is 14.2. The summed E-state index contributed by atoms with van der Waals surface area (Å²) in [5, 5.41) is 3.00. The van der Waals surface area contributed by atoms with E-state index in [9.17, 15) is 13.6 Å². The number of hydrogen-bond donors (Lipinski definition) is 1. The number of carbonyl (C=O) groups excluding carboxylic acids is 1. The number of imidazole rings is 1. The lowest BCUT2D eigenvalue weighted by Gasteiger charge is -2.26. The molecule has 1 atom stereocenters. The van der Waals surface area contributed by atoms with E-state index in [1.807, 2.05) is 22.8 Å². The Balaban J connectivity index is 1.32. The van der Waals surface area contributed by atoms with Crippen molar-refractivity contribution < 1.29 is 23.0 Å². The Hall–Kier alpha value is -3.50. The van der Waals surface area contributed by atoms with Crippen LogP contribution in [0.15, 0.2) is 48.6 Å². The summed E-state index contributed by atoms with van der Waals surface area (Å²) in [7, 11) is 0. The second-order valence-corrected chi connectivity index (χ2v) is 10.9. The van der Waals surface area contributed by atoms with Crippen LogP contribution in [0.1, 0.15) is 54.1 Å². The number of aryl methyl sites for hydroxylation is 1. The van der Waals surface area contributed by atoms with Crippen LogP contribution in [0.4, 0.5) is 14.7 Å². The number of amides is 1. The molecule has 3 aliphatic heterocycles. The molecule has 212 valence electrons. The molecule has 6 rings (SSSR count). The van der Waals surface area contributed by atoms with E-state index in [0.29, 0.717) is 28.1 Å². The van der Waals surface area contributed by atoms with Crippen LogP contribution in [0.5, 0.6) is 11.5 Å². The Morgan fingerprint density at radius 1 is 1.05 bits per heavy atom. The summed E-state index contributed by atoms with van der Waals surface area (Å²) >= 11 is 0. The number of fused-ring (bicyclic) bond motifs is 2. The number of rotatable bonds is 7. The van der Waals surface area contributed by atoms with Crippen molar-refractivity contribution in [1.82, 2.24) is 19.4 Å². The number of carbonyl (C=O) groups is 1. The standard InChI is InChI=1S/C30H35F2N5O3/c1-21-26-24(19-25-27(21)40-30(31,32)39-25)33-29(34-28(38)22-11-3-2-4-12-22)37(26)23-13-5-6-17-36(20-23)18-10-9-16-35-14-7-8-15-35/h2-4,9-12,19,23H,5-8,13-18,20H2,1H3,(H,33,34,38)/b10-9+/t23-/m1/s1. The first-order chi connectivity index (χ1) is 19.4. The van der Waals surface area contributed by atoms with Crippen molar-refractivity contribution >= 4 is 22.9 Å². The van der Waals surface area contributed by atoms with Gasteiger partial charge >= 0.3 is 6.29 Å². The van der Waals surface area contributed by atoms with E-state index >= 15 is 0 Å². The van der Waals surface area contributed by atoms with Crippen molar-refractivity contribution in [2.45, 2.75) is 51.4 Å². The van der Waals surface area contributed by atoms with Crippen LogP contribution in [0.2, 0.25) is 0 Å². The summed E-state index contributed by atoms with van der Waals surface area (Å²) in [4.78, 5) is 22.8. The fraction of sp³-hybridized carbons (Fsp3) is 0.467. The summed E-state index contributed by atoms with van der Waals surface area (Å²) in [6.45, 7) is 7.62. The number of nitrogens with one attached hydrogen (secondary N) is 1. The van der Waals surface area contributed by atoms with E-state index in [1.165, 1.54) is 32.0 Å². The molecule has 0 unspecified atom stereocenters. The van der Waals surface area contributed by atoms with Gasteiger partial charge in [0, 0.05) is 42.9 Å². The molecular weight excluding hydrogens is 516 g/mol. The number of ether oxygens (including phenoxy) is 2. The van der Waals surface area contributed by atoms with Crippen LogP contribution >= 0.6 is 0 Å². The van der Waals surface area contributed by atoms with Crippen molar-refractivity contribution in [3.63, 3.8) is 0 Å². The van der Waals surface area contributed by atoms with Gasteiger partial charge in [-0.2, -0.15) is 0 Å². The van der Waals surface area contributed by atoms with Gasteiger partial charge in [0.25, 0.3) is 5.91 Å². The number of benzene rings is 2. The zero-order valence-corrected chi connectivity index (χ0v) is 22.7. The molecule has 3 aliphatic rings. The molecule has 2 saturated heterocycles. The fourth-order valence-electron chi connectivity index (χ4n) is 6.07. The van der Waals surface area contributed by atoms with Gasteiger partial charge in [0.2, 0.25) is 5.95 Å².